The van der Waals surface area contributed by atoms with Crippen molar-refractivity contribution in [3.05, 3.63) is 77.1 Å². The van der Waals surface area contributed by atoms with Gasteiger partial charge in [-0.2, -0.15) is 16.7 Å². The van der Waals surface area contributed by atoms with Crippen LogP contribution in [0.1, 0.15) is 16.7 Å². The van der Waals surface area contributed by atoms with E-state index >= 15 is 8.78 Å². The lowest BCUT2D eigenvalue weighted by Crippen LogP contribution is -2.51. The number of benzene rings is 2. The van der Waals surface area contributed by atoms with Gasteiger partial charge in [0.25, 0.3) is 5.91 Å². The lowest BCUT2D eigenvalue weighted by molar-refractivity contribution is -0.276. The van der Waals surface area contributed by atoms with Gasteiger partial charge < -0.3 is 25.2 Å². The summed E-state index contributed by atoms with van der Waals surface area (Å²) < 4.78 is 32.1. The Hall–Kier alpha value is -3.13. The molecule has 2 fully saturated rings. The zero-order valence-corrected chi connectivity index (χ0v) is 22.7. The van der Waals surface area contributed by atoms with E-state index in [-0.39, 0.29) is 11.8 Å². The number of halogens is 2. The molecule has 0 amide bonds. The van der Waals surface area contributed by atoms with Gasteiger partial charge in [0.15, 0.2) is 0 Å². The van der Waals surface area contributed by atoms with E-state index < -0.39 is 23.1 Å². The third-order valence-corrected chi connectivity index (χ3v) is 8.40. The fourth-order valence-electron chi connectivity index (χ4n) is 5.20. The predicted octanol–water partition coefficient (Wildman–Crippen LogP) is 3.07. The summed E-state index contributed by atoms with van der Waals surface area (Å²) in [6, 6.07) is 9.84. The van der Waals surface area contributed by atoms with Crippen LogP contribution < -0.4 is 5.32 Å². The van der Waals surface area contributed by atoms with Crippen LogP contribution in [0.3, 0.4) is 0 Å². The van der Waals surface area contributed by atoms with Gasteiger partial charge in [-0.1, -0.05) is 6.07 Å². The highest BCUT2D eigenvalue weighted by Gasteiger charge is 2.40. The molecule has 6 rings (SSSR count). The van der Waals surface area contributed by atoms with Gasteiger partial charge in [-0.05, 0) is 48.4 Å². The van der Waals surface area contributed by atoms with Crippen molar-refractivity contribution in [3.63, 3.8) is 0 Å². The second-order valence-corrected chi connectivity index (χ2v) is 11.5. The number of rotatable bonds is 7. The van der Waals surface area contributed by atoms with E-state index in [0.717, 1.165) is 35.5 Å². The first-order valence-corrected chi connectivity index (χ1v) is 14.2. The molecule has 0 spiro atoms. The fraction of sp³-hybridized carbons (Fsp3) is 0.357. The second-order valence-electron chi connectivity index (χ2n) is 10.3. The van der Waals surface area contributed by atoms with Crippen molar-refractivity contribution < 1.29 is 24.1 Å². The highest BCUT2D eigenvalue weighted by atomic mass is 32.2. The average Bonchev–Trinajstić information content (AvgIpc) is 3.33. The van der Waals surface area contributed by atoms with E-state index in [1.54, 1.807) is 30.2 Å². The number of β-amino-alcohol motifs (C(OH)–C–C–N with tert-alkyl or cyclic N) is 1. The maximum absolute atomic E-state index is 15.3. The highest BCUT2D eigenvalue weighted by Crippen LogP contribution is 2.32. The van der Waals surface area contributed by atoms with Crippen LogP contribution in [-0.2, 0) is 12.5 Å². The summed E-state index contributed by atoms with van der Waals surface area (Å²) in [5.41, 5.74) is 2.84. The Kier molecular flexibility index (Phi) is 7.23. The predicted molar refractivity (Wildman–Crippen MR) is 150 cm³/mol. The minimum absolute atomic E-state index is 0.151. The number of nitrogens with one attached hydrogen (secondary N) is 1. The summed E-state index contributed by atoms with van der Waals surface area (Å²) in [6.45, 7) is 4.69. The van der Waals surface area contributed by atoms with Crippen molar-refractivity contribution in [1.82, 2.24) is 24.3 Å². The molecular formula is C28H30F2N6O3S. The molecule has 0 saturated carbocycles. The zero-order chi connectivity index (χ0) is 28.0. The standard InChI is InChI=1S/C28H30F2N6O3S/c1-17-2-3-20(10-19(17)14-34-15-22(37)16-34)32-27-31-13-18-4-5-36(26(18)33-27)21-11-23(29)25(24(30)12-21)28(38,39)35-6-8-40-9-7-35/h2-5,10-13,22,37-39H,6-9,14-16H2,1H3,(H,31,32,33). The molecule has 0 radical (unpaired) electrons. The van der Waals surface area contributed by atoms with Crippen LogP contribution in [0.5, 0.6) is 0 Å². The van der Waals surface area contributed by atoms with Crippen LogP contribution in [0, 0.1) is 18.6 Å². The summed E-state index contributed by atoms with van der Waals surface area (Å²) in [6.07, 6.45) is 2.99. The summed E-state index contributed by atoms with van der Waals surface area (Å²) in [5.74, 6) is -3.28. The van der Waals surface area contributed by atoms with Gasteiger partial charge in [0.1, 0.15) is 17.3 Å². The maximum atomic E-state index is 15.3. The van der Waals surface area contributed by atoms with Crippen LogP contribution >= 0.6 is 11.8 Å². The van der Waals surface area contributed by atoms with Crippen molar-refractivity contribution >= 4 is 34.4 Å². The number of aliphatic hydroxyl groups excluding tert-OH is 1. The minimum atomic E-state index is -2.76. The second kappa shape index (κ2) is 10.7. The van der Waals surface area contributed by atoms with Crippen molar-refractivity contribution in [1.29, 1.82) is 0 Å². The molecular weight excluding hydrogens is 538 g/mol. The van der Waals surface area contributed by atoms with Gasteiger partial charge >= 0.3 is 0 Å². The van der Waals surface area contributed by atoms with Gasteiger partial charge in [0, 0.05) is 67.7 Å². The van der Waals surface area contributed by atoms with Crippen molar-refractivity contribution in [2.24, 2.45) is 0 Å². The number of likely N-dealkylation sites (tertiary alicyclic amines) is 1. The van der Waals surface area contributed by atoms with Gasteiger partial charge in [-0.3, -0.25) is 4.90 Å². The zero-order valence-electron chi connectivity index (χ0n) is 21.9. The number of aliphatic hydroxyl groups is 3. The van der Waals surface area contributed by atoms with Crippen molar-refractivity contribution in [2.75, 3.05) is 43.0 Å². The van der Waals surface area contributed by atoms with E-state index in [1.807, 2.05) is 25.1 Å². The Morgan fingerprint density at radius 1 is 1.07 bits per heavy atom. The molecule has 4 N–H and O–H groups in total. The Morgan fingerprint density at radius 3 is 2.50 bits per heavy atom. The number of fused-ring (bicyclic) bond motifs is 1. The molecule has 0 unspecified atom stereocenters. The average molecular weight is 569 g/mol. The van der Waals surface area contributed by atoms with Crippen LogP contribution in [0.4, 0.5) is 20.4 Å². The molecule has 0 atom stereocenters. The molecule has 2 aliphatic heterocycles. The Balaban J connectivity index is 1.28. The van der Waals surface area contributed by atoms with E-state index in [1.165, 1.54) is 9.47 Å². The SMILES string of the molecule is Cc1ccc(Nc2ncc3ccn(-c4cc(F)c(C(O)(O)N5CCSCC5)c(F)c4)c3n2)cc1CN1CC(O)C1. The molecule has 40 heavy (non-hydrogen) atoms. The summed E-state index contributed by atoms with van der Waals surface area (Å²) in [4.78, 5) is 12.4. The number of hydrogen-bond donors (Lipinski definition) is 4. The Labute approximate surface area is 234 Å². The van der Waals surface area contributed by atoms with E-state index in [4.69, 9.17) is 0 Å². The van der Waals surface area contributed by atoms with Crippen molar-refractivity contribution in [2.45, 2.75) is 25.5 Å². The molecule has 0 bridgehead atoms. The van der Waals surface area contributed by atoms with E-state index in [0.29, 0.717) is 54.7 Å². The maximum Gasteiger partial charge on any atom is 0.259 e. The lowest BCUT2D eigenvalue weighted by atomic mass is 10.0. The van der Waals surface area contributed by atoms with Crippen LogP contribution in [0.25, 0.3) is 16.7 Å². The molecule has 0 aliphatic carbocycles. The highest BCUT2D eigenvalue weighted by molar-refractivity contribution is 7.99. The molecule has 4 aromatic rings. The van der Waals surface area contributed by atoms with Gasteiger partial charge in [0.2, 0.25) is 5.95 Å². The largest absolute Gasteiger partial charge is 0.390 e. The smallest absolute Gasteiger partial charge is 0.259 e. The van der Waals surface area contributed by atoms with Crippen LogP contribution in [0.15, 0.2) is 48.8 Å². The first kappa shape index (κ1) is 27.1. The molecule has 210 valence electrons. The third kappa shape index (κ3) is 5.18. The quantitative estimate of drug-likeness (QED) is 0.250. The Morgan fingerprint density at radius 2 is 1.80 bits per heavy atom. The first-order valence-electron chi connectivity index (χ1n) is 13.1. The lowest BCUT2D eigenvalue weighted by Gasteiger charge is -2.37. The van der Waals surface area contributed by atoms with Gasteiger partial charge in [-0.15, -0.1) is 0 Å². The fourth-order valence-corrected chi connectivity index (χ4v) is 6.10. The molecule has 2 aromatic carbocycles. The van der Waals surface area contributed by atoms with Crippen LogP contribution in [-0.4, -0.2) is 83.4 Å². The summed E-state index contributed by atoms with van der Waals surface area (Å²) >= 11 is 1.65. The number of anilines is 2. The van der Waals surface area contributed by atoms with Crippen molar-refractivity contribution in [3.8, 4) is 5.69 Å². The first-order chi connectivity index (χ1) is 19.2. The molecule has 2 saturated heterocycles. The number of thioether (sulfide) groups is 1. The monoisotopic (exact) mass is 568 g/mol. The number of aryl methyl sites for hydroxylation is 1. The molecule has 4 heterocycles. The van der Waals surface area contributed by atoms with Gasteiger partial charge in [0.05, 0.1) is 17.4 Å². The topological polar surface area (TPSA) is 110 Å². The molecule has 9 nitrogen and oxygen atoms in total. The number of nitrogens with zero attached hydrogens (tertiary/aromatic N) is 5. The number of aromatic nitrogens is 3. The minimum Gasteiger partial charge on any atom is -0.390 e. The normalized spacial score (nSPS) is 17.4. The Bertz CT molecular complexity index is 1530. The van der Waals surface area contributed by atoms with Crippen LogP contribution in [0.2, 0.25) is 0 Å². The van der Waals surface area contributed by atoms with E-state index in [9.17, 15) is 15.3 Å². The summed E-state index contributed by atoms with van der Waals surface area (Å²) in [5, 5.41) is 34.9. The molecule has 12 heteroatoms. The molecule has 2 aromatic heterocycles. The number of hydrogen-bond acceptors (Lipinski definition) is 9. The molecule has 2 aliphatic rings. The third-order valence-electron chi connectivity index (χ3n) is 7.46. The summed E-state index contributed by atoms with van der Waals surface area (Å²) in [7, 11) is 0. The van der Waals surface area contributed by atoms with Gasteiger partial charge in [-0.25, -0.2) is 18.7 Å². The van der Waals surface area contributed by atoms with E-state index in [2.05, 4.69) is 20.2 Å².